The zero-order valence-corrected chi connectivity index (χ0v) is 16.1. The van der Waals surface area contributed by atoms with Crippen molar-refractivity contribution in [2.75, 3.05) is 5.21 Å². The molecule has 4 rings (SSSR count). The van der Waals surface area contributed by atoms with Crippen LogP contribution >= 0.6 is 23.4 Å². The second-order valence-electron chi connectivity index (χ2n) is 6.03. The Kier molecular flexibility index (Phi) is 5.28. The SMILES string of the molecule is ClCSc1ncn(C(c2ccccc2)(c2ccccc2)c2ccccc2)n1. The summed E-state index contributed by atoms with van der Waals surface area (Å²) in [7, 11) is 0. The van der Waals surface area contributed by atoms with Gasteiger partial charge >= 0.3 is 0 Å². The summed E-state index contributed by atoms with van der Waals surface area (Å²) in [5.74, 6) is 0. The van der Waals surface area contributed by atoms with Crippen molar-refractivity contribution >= 4 is 23.4 Å². The number of halogens is 1. The fourth-order valence-electron chi connectivity index (χ4n) is 3.46. The third-order valence-corrected chi connectivity index (χ3v) is 5.45. The van der Waals surface area contributed by atoms with Crippen LogP contribution in [0, 0.1) is 0 Å². The first-order chi connectivity index (χ1) is 13.4. The standard InChI is InChI=1S/C22H18ClN3S/c23-16-27-21-24-17-26(25-21)22(18-10-4-1-5-11-18,19-12-6-2-7-13-19)20-14-8-3-9-15-20/h1-15,17H,16H2. The number of alkyl halides is 1. The van der Waals surface area contributed by atoms with Crippen LogP contribution in [0.2, 0.25) is 0 Å². The number of hydrogen-bond acceptors (Lipinski definition) is 3. The van der Waals surface area contributed by atoms with Crippen molar-refractivity contribution in [3.05, 3.63) is 114 Å². The summed E-state index contributed by atoms with van der Waals surface area (Å²) < 4.78 is 1.95. The Morgan fingerprint density at radius 2 is 1.19 bits per heavy atom. The van der Waals surface area contributed by atoms with Crippen LogP contribution in [0.4, 0.5) is 0 Å². The van der Waals surface area contributed by atoms with Crippen molar-refractivity contribution in [3.8, 4) is 0 Å². The molecule has 0 bridgehead atoms. The Bertz CT molecular complexity index is 891. The molecule has 27 heavy (non-hydrogen) atoms. The molecule has 0 saturated carbocycles. The molecule has 0 saturated heterocycles. The molecule has 3 nitrogen and oxygen atoms in total. The highest BCUT2D eigenvalue weighted by Gasteiger charge is 2.39. The van der Waals surface area contributed by atoms with Gasteiger partial charge in [-0.05, 0) is 16.7 Å². The van der Waals surface area contributed by atoms with Gasteiger partial charge in [-0.1, -0.05) is 103 Å². The van der Waals surface area contributed by atoms with Crippen LogP contribution in [-0.4, -0.2) is 20.0 Å². The van der Waals surface area contributed by atoms with Crippen LogP contribution in [-0.2, 0) is 5.54 Å². The van der Waals surface area contributed by atoms with Crippen LogP contribution in [0.3, 0.4) is 0 Å². The third kappa shape index (κ3) is 3.27. The number of aromatic nitrogens is 3. The van der Waals surface area contributed by atoms with E-state index < -0.39 is 5.54 Å². The molecule has 134 valence electrons. The molecule has 0 radical (unpaired) electrons. The highest BCUT2D eigenvalue weighted by molar-refractivity contribution is 8.00. The summed E-state index contributed by atoms with van der Waals surface area (Å²) in [5.41, 5.74) is 2.74. The Labute approximate surface area is 168 Å². The lowest BCUT2D eigenvalue weighted by atomic mass is 9.77. The maximum Gasteiger partial charge on any atom is 0.209 e. The van der Waals surface area contributed by atoms with E-state index in [1.807, 2.05) is 22.9 Å². The van der Waals surface area contributed by atoms with Gasteiger partial charge in [-0.2, -0.15) is 0 Å². The maximum atomic E-state index is 5.88. The molecule has 5 heteroatoms. The second-order valence-corrected chi connectivity index (χ2v) is 7.56. The molecule has 0 fully saturated rings. The smallest absolute Gasteiger partial charge is 0.209 e. The van der Waals surface area contributed by atoms with Crippen molar-refractivity contribution in [2.24, 2.45) is 0 Å². The minimum absolute atomic E-state index is 0.416. The Balaban J connectivity index is 2.06. The van der Waals surface area contributed by atoms with Crippen LogP contribution in [0.15, 0.2) is 102 Å². The number of thioether (sulfide) groups is 1. The molecule has 4 aromatic rings. The molecule has 0 aliphatic carbocycles. The third-order valence-electron chi connectivity index (χ3n) is 4.57. The summed E-state index contributed by atoms with van der Waals surface area (Å²) in [6, 6.07) is 31.2. The zero-order chi connectivity index (χ0) is 18.5. The first-order valence-corrected chi connectivity index (χ1v) is 10.1. The van der Waals surface area contributed by atoms with Gasteiger partial charge in [-0.25, -0.2) is 9.67 Å². The van der Waals surface area contributed by atoms with Gasteiger partial charge in [0.25, 0.3) is 0 Å². The van der Waals surface area contributed by atoms with Crippen LogP contribution in [0.25, 0.3) is 0 Å². The molecule has 0 N–H and O–H groups in total. The van der Waals surface area contributed by atoms with Gasteiger partial charge in [0.1, 0.15) is 11.9 Å². The summed E-state index contributed by atoms with van der Waals surface area (Å²) in [6.07, 6.45) is 1.79. The van der Waals surface area contributed by atoms with E-state index >= 15 is 0 Å². The molecule has 1 aromatic heterocycles. The van der Waals surface area contributed by atoms with E-state index in [0.717, 1.165) is 16.7 Å². The number of hydrogen-bond donors (Lipinski definition) is 0. The van der Waals surface area contributed by atoms with Crippen LogP contribution in [0.5, 0.6) is 0 Å². The summed E-state index contributed by atoms with van der Waals surface area (Å²) >= 11 is 7.30. The van der Waals surface area contributed by atoms with Crippen molar-refractivity contribution in [1.82, 2.24) is 14.8 Å². The van der Waals surface area contributed by atoms with Gasteiger partial charge in [-0.3, -0.25) is 0 Å². The number of benzene rings is 3. The van der Waals surface area contributed by atoms with Gasteiger partial charge in [0.2, 0.25) is 5.16 Å². The van der Waals surface area contributed by atoms with Crippen molar-refractivity contribution in [3.63, 3.8) is 0 Å². The van der Waals surface area contributed by atoms with E-state index in [1.165, 1.54) is 11.8 Å². The molecule has 0 atom stereocenters. The Hall–Kier alpha value is -2.56. The van der Waals surface area contributed by atoms with Gasteiger partial charge in [0.15, 0.2) is 0 Å². The van der Waals surface area contributed by atoms with Gasteiger partial charge < -0.3 is 0 Å². The van der Waals surface area contributed by atoms with E-state index in [1.54, 1.807) is 6.33 Å². The van der Waals surface area contributed by atoms with E-state index in [4.69, 9.17) is 16.7 Å². The molecule has 0 aliphatic heterocycles. The number of rotatable bonds is 6. The van der Waals surface area contributed by atoms with Gasteiger partial charge in [-0.15, -0.1) is 16.7 Å². The van der Waals surface area contributed by atoms with E-state index in [-0.39, 0.29) is 0 Å². The second kappa shape index (κ2) is 7.99. The number of nitrogens with zero attached hydrogens (tertiary/aromatic N) is 3. The van der Waals surface area contributed by atoms with Crippen LogP contribution < -0.4 is 0 Å². The summed E-state index contributed by atoms with van der Waals surface area (Å²) in [5, 5.41) is 5.87. The summed E-state index contributed by atoms with van der Waals surface area (Å²) in [4.78, 5) is 4.48. The lowest BCUT2D eigenvalue weighted by molar-refractivity contribution is 0.452. The normalized spacial score (nSPS) is 11.4. The molecular weight excluding hydrogens is 374 g/mol. The Morgan fingerprint density at radius 3 is 1.59 bits per heavy atom. The highest BCUT2D eigenvalue weighted by atomic mass is 35.5. The molecule has 0 unspecified atom stereocenters. The van der Waals surface area contributed by atoms with Crippen molar-refractivity contribution in [2.45, 2.75) is 10.7 Å². The van der Waals surface area contributed by atoms with Crippen LogP contribution in [0.1, 0.15) is 16.7 Å². The Morgan fingerprint density at radius 1 is 0.741 bits per heavy atom. The molecule has 0 aliphatic rings. The molecular formula is C22H18ClN3S. The van der Waals surface area contributed by atoms with Gasteiger partial charge in [0.05, 0.1) is 5.21 Å². The predicted molar refractivity (Wildman–Crippen MR) is 111 cm³/mol. The molecule has 1 heterocycles. The minimum atomic E-state index is -0.623. The average Bonchev–Trinajstić information content (AvgIpc) is 3.20. The lowest BCUT2D eigenvalue weighted by Crippen LogP contribution is -2.38. The topological polar surface area (TPSA) is 30.7 Å². The van der Waals surface area contributed by atoms with Crippen molar-refractivity contribution < 1.29 is 0 Å². The largest absolute Gasteiger partial charge is 0.232 e. The lowest BCUT2D eigenvalue weighted by Gasteiger charge is -2.35. The summed E-state index contributed by atoms with van der Waals surface area (Å²) in [6.45, 7) is 0. The first-order valence-electron chi connectivity index (χ1n) is 8.63. The predicted octanol–water partition coefficient (Wildman–Crippen LogP) is 5.41. The minimum Gasteiger partial charge on any atom is -0.232 e. The van der Waals surface area contributed by atoms with Crippen molar-refractivity contribution in [1.29, 1.82) is 0 Å². The molecule has 0 spiro atoms. The molecule has 0 amide bonds. The maximum absolute atomic E-state index is 5.88. The average molecular weight is 392 g/mol. The molecule has 3 aromatic carbocycles. The first kappa shape index (κ1) is 17.8. The fraction of sp³-hybridized carbons (Fsp3) is 0.0909. The quantitative estimate of drug-likeness (QED) is 0.250. The monoisotopic (exact) mass is 391 g/mol. The fourth-order valence-corrected chi connectivity index (χ4v) is 4.12. The van der Waals surface area contributed by atoms with E-state index in [0.29, 0.717) is 10.4 Å². The highest BCUT2D eigenvalue weighted by Crippen LogP contribution is 2.40. The van der Waals surface area contributed by atoms with E-state index in [9.17, 15) is 0 Å². The zero-order valence-electron chi connectivity index (χ0n) is 14.6. The van der Waals surface area contributed by atoms with Gasteiger partial charge in [0, 0.05) is 0 Å². The van der Waals surface area contributed by atoms with E-state index in [2.05, 4.69) is 77.8 Å².